The fourth-order valence-corrected chi connectivity index (χ4v) is 5.70. The Morgan fingerprint density at radius 1 is 1.15 bits per heavy atom. The number of aliphatic hydroxyl groups is 1. The molecule has 0 radical (unpaired) electrons. The molecule has 0 bridgehead atoms. The summed E-state index contributed by atoms with van der Waals surface area (Å²) in [5, 5.41) is 17.6. The van der Waals surface area contributed by atoms with Crippen LogP contribution in [-0.2, 0) is 12.8 Å². The average Bonchev–Trinajstić information content (AvgIpc) is 2.90. The van der Waals surface area contributed by atoms with Gasteiger partial charge in [0.05, 0.1) is 12.1 Å². The largest absolute Gasteiger partial charge is 0.471 e. The fraction of sp³-hybridized carbons (Fsp3) is 0.469. The van der Waals surface area contributed by atoms with Crippen molar-refractivity contribution in [3.8, 4) is 5.88 Å². The lowest BCUT2D eigenvalue weighted by Gasteiger charge is -2.47. The number of carbonyl (C=O) groups excluding carboxylic acids is 1. The smallest absolute Gasteiger partial charge is 0.273 e. The van der Waals surface area contributed by atoms with Crippen LogP contribution in [0.25, 0.3) is 0 Å². The van der Waals surface area contributed by atoms with E-state index in [0.717, 1.165) is 54.9 Å². The zero-order valence-electron chi connectivity index (χ0n) is 23.8. The highest BCUT2D eigenvalue weighted by Gasteiger charge is 2.46. The van der Waals surface area contributed by atoms with Gasteiger partial charge in [-0.15, -0.1) is 0 Å². The molecule has 1 aliphatic heterocycles. The molecule has 3 atom stereocenters. The topological polar surface area (TPSA) is 96.4 Å². The van der Waals surface area contributed by atoms with Crippen molar-refractivity contribution in [2.75, 3.05) is 6.54 Å². The maximum Gasteiger partial charge on any atom is 0.273 e. The van der Waals surface area contributed by atoms with Crippen LogP contribution in [0.15, 0.2) is 54.9 Å². The Kier molecular flexibility index (Phi) is 8.38. The van der Waals surface area contributed by atoms with Crippen LogP contribution in [0.1, 0.15) is 79.7 Å². The van der Waals surface area contributed by atoms with Gasteiger partial charge < -0.3 is 20.5 Å². The third kappa shape index (κ3) is 7.08. The third-order valence-electron chi connectivity index (χ3n) is 7.90. The number of ether oxygens (including phenoxy) is 1. The first-order valence-electron chi connectivity index (χ1n) is 14.3. The summed E-state index contributed by atoms with van der Waals surface area (Å²) in [5.74, 6) is -1.23. The summed E-state index contributed by atoms with van der Waals surface area (Å²) in [6.45, 7) is 6.71. The van der Waals surface area contributed by atoms with Gasteiger partial charge in [0.15, 0.2) is 11.5 Å². The number of halogens is 2. The van der Waals surface area contributed by atoms with E-state index in [1.165, 1.54) is 24.4 Å². The molecular weight excluding hydrogens is 526 g/mol. The van der Waals surface area contributed by atoms with Crippen LogP contribution in [0, 0.1) is 17.0 Å². The van der Waals surface area contributed by atoms with E-state index < -0.39 is 23.9 Å². The maximum atomic E-state index is 14.3. The van der Waals surface area contributed by atoms with E-state index in [1.807, 2.05) is 6.20 Å². The van der Waals surface area contributed by atoms with Gasteiger partial charge in [0, 0.05) is 37.0 Å². The standard InChI is InChI=1S/C32H38F2N4O3/c1-31(2,3)16-21-14-23-26(17-32(11-5-12-32)41-30(23)37-18-21)36-19-27(39)25(15-20-7-9-22(33)10-8-20)38-29(40)28-24(34)6-4-13-35-28/h4,6-10,13-14,18,25-27,36,39H,5,11-12,15-17,19H2,1-3H3,(H,38,40)/t25-,26-,27+/m0/s1. The SMILES string of the molecule is CC(C)(C)Cc1cnc2c(c1)[C@@H](NC[C@@H](O)[C@H](Cc1ccc(F)cc1)NC(=O)c1ncccc1F)CC1(CCC1)O2. The molecule has 1 fully saturated rings. The molecule has 2 aliphatic rings. The summed E-state index contributed by atoms with van der Waals surface area (Å²) < 4.78 is 34.2. The van der Waals surface area contributed by atoms with E-state index in [2.05, 4.69) is 47.4 Å². The highest BCUT2D eigenvalue weighted by atomic mass is 19.1. The molecule has 3 N–H and O–H groups in total. The molecule has 1 amide bonds. The van der Waals surface area contributed by atoms with Gasteiger partial charge in [-0.3, -0.25) is 4.79 Å². The monoisotopic (exact) mass is 564 g/mol. The summed E-state index contributed by atoms with van der Waals surface area (Å²) in [5.41, 5.74) is 2.30. The first-order valence-corrected chi connectivity index (χ1v) is 14.3. The van der Waals surface area contributed by atoms with Gasteiger partial charge >= 0.3 is 0 Å². The average molecular weight is 565 g/mol. The zero-order chi connectivity index (χ0) is 29.2. The summed E-state index contributed by atoms with van der Waals surface area (Å²) in [6, 6.07) is 9.69. The van der Waals surface area contributed by atoms with Gasteiger partial charge in [-0.1, -0.05) is 32.9 Å². The number of nitrogens with one attached hydrogen (secondary N) is 2. The minimum Gasteiger partial charge on any atom is -0.471 e. The van der Waals surface area contributed by atoms with Crippen molar-refractivity contribution in [1.82, 2.24) is 20.6 Å². The molecule has 41 heavy (non-hydrogen) atoms. The minimum absolute atomic E-state index is 0.0959. The fourth-order valence-electron chi connectivity index (χ4n) is 5.70. The Hall–Kier alpha value is -3.43. The molecule has 7 nitrogen and oxygen atoms in total. The van der Waals surface area contributed by atoms with Gasteiger partial charge in [-0.2, -0.15) is 0 Å². The molecule has 3 aromatic rings. The molecular formula is C32H38F2N4O3. The normalized spacial score (nSPS) is 19.0. The molecule has 1 spiro atoms. The lowest BCUT2D eigenvalue weighted by atomic mass is 9.73. The van der Waals surface area contributed by atoms with Crippen LogP contribution >= 0.6 is 0 Å². The van der Waals surface area contributed by atoms with Gasteiger partial charge in [-0.25, -0.2) is 18.7 Å². The molecule has 1 aliphatic carbocycles. The van der Waals surface area contributed by atoms with E-state index in [9.17, 15) is 18.7 Å². The number of amides is 1. The summed E-state index contributed by atoms with van der Waals surface area (Å²) in [4.78, 5) is 21.5. The van der Waals surface area contributed by atoms with Gasteiger partial charge in [0.1, 0.15) is 11.4 Å². The number of hydrogen-bond donors (Lipinski definition) is 3. The second-order valence-corrected chi connectivity index (χ2v) is 12.6. The van der Waals surface area contributed by atoms with Gasteiger partial charge in [0.25, 0.3) is 5.91 Å². The van der Waals surface area contributed by atoms with Crippen LogP contribution < -0.4 is 15.4 Å². The van der Waals surface area contributed by atoms with Crippen LogP contribution in [0.5, 0.6) is 5.88 Å². The van der Waals surface area contributed by atoms with Crippen molar-refractivity contribution in [2.24, 2.45) is 5.41 Å². The molecule has 0 unspecified atom stereocenters. The zero-order valence-corrected chi connectivity index (χ0v) is 23.8. The Bertz CT molecular complexity index is 1370. The number of carbonyl (C=O) groups is 1. The predicted octanol–water partition coefficient (Wildman–Crippen LogP) is 5.08. The number of hydrogen-bond acceptors (Lipinski definition) is 6. The van der Waals surface area contributed by atoms with E-state index in [4.69, 9.17) is 4.74 Å². The lowest BCUT2D eigenvalue weighted by molar-refractivity contribution is -0.0421. The van der Waals surface area contributed by atoms with Crippen molar-refractivity contribution < 1.29 is 23.4 Å². The van der Waals surface area contributed by atoms with Crippen molar-refractivity contribution >= 4 is 5.91 Å². The van der Waals surface area contributed by atoms with Crippen LogP contribution in [0.2, 0.25) is 0 Å². The minimum atomic E-state index is -1.04. The number of nitrogens with zero attached hydrogens (tertiary/aromatic N) is 2. The van der Waals surface area contributed by atoms with E-state index in [1.54, 1.807) is 12.1 Å². The molecule has 218 valence electrons. The lowest BCUT2D eigenvalue weighted by Crippen LogP contribution is -2.52. The van der Waals surface area contributed by atoms with Crippen molar-refractivity contribution in [2.45, 2.75) is 83.1 Å². The van der Waals surface area contributed by atoms with Crippen molar-refractivity contribution in [3.63, 3.8) is 0 Å². The summed E-state index contributed by atoms with van der Waals surface area (Å²) in [6.07, 6.45) is 7.03. The van der Waals surface area contributed by atoms with Crippen molar-refractivity contribution in [1.29, 1.82) is 0 Å². The Morgan fingerprint density at radius 2 is 1.90 bits per heavy atom. The molecule has 1 aromatic carbocycles. The second kappa shape index (κ2) is 11.8. The van der Waals surface area contributed by atoms with Gasteiger partial charge in [0.2, 0.25) is 5.88 Å². The van der Waals surface area contributed by atoms with Crippen LogP contribution in [-0.4, -0.2) is 45.3 Å². The highest BCUT2D eigenvalue weighted by molar-refractivity contribution is 5.92. The summed E-state index contributed by atoms with van der Waals surface area (Å²) in [7, 11) is 0. The molecule has 5 rings (SSSR count). The first-order chi connectivity index (χ1) is 19.5. The molecule has 2 aromatic heterocycles. The van der Waals surface area contributed by atoms with Gasteiger partial charge in [-0.05, 0) is 79.0 Å². The number of benzene rings is 1. The molecule has 1 saturated carbocycles. The highest BCUT2D eigenvalue weighted by Crippen LogP contribution is 2.48. The van der Waals surface area contributed by atoms with E-state index in [-0.39, 0.29) is 41.5 Å². The first kappa shape index (κ1) is 29.1. The quantitative estimate of drug-likeness (QED) is 0.336. The number of aliphatic hydroxyl groups excluding tert-OH is 1. The van der Waals surface area contributed by atoms with E-state index >= 15 is 0 Å². The Balaban J connectivity index is 1.35. The second-order valence-electron chi connectivity index (χ2n) is 12.6. The van der Waals surface area contributed by atoms with Crippen molar-refractivity contribution in [3.05, 3.63) is 88.9 Å². The number of fused-ring (bicyclic) bond motifs is 1. The maximum absolute atomic E-state index is 14.3. The molecule has 9 heteroatoms. The third-order valence-corrected chi connectivity index (χ3v) is 7.90. The number of aromatic nitrogens is 2. The number of pyridine rings is 2. The molecule has 3 heterocycles. The Morgan fingerprint density at radius 3 is 2.56 bits per heavy atom. The predicted molar refractivity (Wildman–Crippen MR) is 152 cm³/mol. The van der Waals surface area contributed by atoms with E-state index in [0.29, 0.717) is 5.88 Å². The number of rotatable bonds is 9. The summed E-state index contributed by atoms with van der Waals surface area (Å²) >= 11 is 0. The molecule has 0 saturated heterocycles. The van der Waals surface area contributed by atoms with Crippen LogP contribution in [0.3, 0.4) is 0 Å². The Labute approximate surface area is 239 Å². The van der Waals surface area contributed by atoms with Crippen LogP contribution in [0.4, 0.5) is 8.78 Å².